The van der Waals surface area contributed by atoms with Crippen LogP contribution in [0.15, 0.2) is 34.7 Å². The number of methoxy groups -OCH3 is 1. The van der Waals surface area contributed by atoms with Gasteiger partial charge in [-0.2, -0.15) is 0 Å². The number of aromatic nitrogens is 1. The van der Waals surface area contributed by atoms with E-state index in [-0.39, 0.29) is 23.9 Å². The van der Waals surface area contributed by atoms with Gasteiger partial charge in [-0.3, -0.25) is 10.1 Å². The van der Waals surface area contributed by atoms with Gasteiger partial charge in [-0.1, -0.05) is 35.6 Å². The third-order valence-electron chi connectivity index (χ3n) is 5.53. The highest BCUT2D eigenvalue weighted by atomic mass is 32.2. The summed E-state index contributed by atoms with van der Waals surface area (Å²) in [6.07, 6.45) is 16.2. The monoisotopic (exact) mass is 451 g/mol. The van der Waals surface area contributed by atoms with Gasteiger partial charge in [0.2, 0.25) is 0 Å². The summed E-state index contributed by atoms with van der Waals surface area (Å²) in [5, 5.41) is 12.3. The number of carbonyl (C=O) groups excluding carboxylic acids is 1. The Morgan fingerprint density at radius 1 is 1.33 bits per heavy atom. The molecule has 1 saturated carbocycles. The molecule has 0 bridgehead atoms. The second-order valence-corrected chi connectivity index (χ2v) is 9.86. The molecule has 0 aliphatic heterocycles. The molecule has 2 aliphatic carbocycles. The lowest BCUT2D eigenvalue weighted by molar-refractivity contribution is -0.133. The standard InChI is InChI=1S/C21H29N3O4S2/c1-28-17-9-7-16(8-10-17)24(12-11-15-5-3-2-4-6-15)21(27)23-20-22-13-19(30-20)29-14-18(25)26/h2-5,13,15-17H,6-12,14H2,1H3,(H,25,26)(H,22,23,27). The number of carboxylic acids is 1. The predicted molar refractivity (Wildman–Crippen MR) is 120 cm³/mol. The molecule has 0 saturated heterocycles. The van der Waals surface area contributed by atoms with Crippen molar-refractivity contribution in [3.05, 3.63) is 30.5 Å². The minimum atomic E-state index is -0.872. The first-order valence-electron chi connectivity index (χ1n) is 10.3. The number of rotatable bonds is 9. The molecule has 1 fully saturated rings. The molecule has 1 unspecified atom stereocenters. The largest absolute Gasteiger partial charge is 0.481 e. The predicted octanol–water partition coefficient (Wildman–Crippen LogP) is 4.63. The van der Waals surface area contributed by atoms with Gasteiger partial charge in [-0.25, -0.2) is 9.78 Å². The van der Waals surface area contributed by atoms with E-state index in [9.17, 15) is 9.59 Å². The Balaban J connectivity index is 1.61. The highest BCUT2D eigenvalue weighted by molar-refractivity contribution is 8.01. The molecule has 9 heteroatoms. The van der Waals surface area contributed by atoms with Crippen LogP contribution in [0.3, 0.4) is 0 Å². The van der Waals surface area contributed by atoms with Gasteiger partial charge in [0.05, 0.1) is 22.3 Å². The van der Waals surface area contributed by atoms with Gasteiger partial charge in [-0.15, -0.1) is 11.8 Å². The number of nitrogens with zero attached hydrogens (tertiary/aromatic N) is 2. The fourth-order valence-electron chi connectivity index (χ4n) is 3.87. The van der Waals surface area contributed by atoms with Crippen LogP contribution in [-0.4, -0.2) is 58.5 Å². The fraction of sp³-hybridized carbons (Fsp3) is 0.571. The zero-order chi connectivity index (χ0) is 21.3. The number of carboxylic acid groups (broad SMARTS) is 1. The van der Waals surface area contributed by atoms with E-state index in [0.717, 1.165) is 42.7 Å². The van der Waals surface area contributed by atoms with Crippen LogP contribution in [0.1, 0.15) is 38.5 Å². The van der Waals surface area contributed by atoms with Crippen molar-refractivity contribution in [3.63, 3.8) is 0 Å². The smallest absolute Gasteiger partial charge is 0.323 e. The summed E-state index contributed by atoms with van der Waals surface area (Å²) in [5.41, 5.74) is 0. The first-order valence-corrected chi connectivity index (χ1v) is 12.1. The van der Waals surface area contributed by atoms with Crippen LogP contribution < -0.4 is 5.32 Å². The average Bonchev–Trinajstić information content (AvgIpc) is 3.21. The van der Waals surface area contributed by atoms with Crippen molar-refractivity contribution in [2.45, 2.75) is 54.9 Å². The quantitative estimate of drug-likeness (QED) is 0.532. The van der Waals surface area contributed by atoms with Crippen LogP contribution >= 0.6 is 23.1 Å². The van der Waals surface area contributed by atoms with E-state index in [1.54, 1.807) is 13.3 Å². The number of anilines is 1. The Kier molecular flexibility index (Phi) is 8.77. The van der Waals surface area contributed by atoms with E-state index >= 15 is 0 Å². The number of thiazole rings is 1. The molecule has 1 aromatic heterocycles. The normalized spacial score (nSPS) is 23.3. The number of nitrogens with one attached hydrogen (secondary N) is 1. The summed E-state index contributed by atoms with van der Waals surface area (Å²) < 4.78 is 6.26. The highest BCUT2D eigenvalue weighted by Gasteiger charge is 2.29. The number of hydrogen-bond acceptors (Lipinski definition) is 6. The molecule has 1 heterocycles. The molecular formula is C21H29N3O4S2. The Labute approximate surface area is 185 Å². The number of hydrogen-bond donors (Lipinski definition) is 2. The molecule has 1 atom stereocenters. The number of urea groups is 1. The molecule has 3 rings (SSSR count). The Morgan fingerprint density at radius 3 is 2.80 bits per heavy atom. The molecular weight excluding hydrogens is 422 g/mol. The highest BCUT2D eigenvalue weighted by Crippen LogP contribution is 2.30. The molecule has 30 heavy (non-hydrogen) atoms. The third-order valence-corrected chi connectivity index (χ3v) is 7.62. The number of ether oxygens (including phenoxy) is 1. The van der Waals surface area contributed by atoms with E-state index in [2.05, 4.69) is 34.6 Å². The van der Waals surface area contributed by atoms with Crippen molar-refractivity contribution < 1.29 is 19.4 Å². The van der Waals surface area contributed by atoms with Crippen LogP contribution in [-0.2, 0) is 9.53 Å². The first kappa shape index (κ1) is 22.8. The van der Waals surface area contributed by atoms with Gasteiger partial charge in [-0.05, 0) is 44.4 Å². The lowest BCUT2D eigenvalue weighted by Crippen LogP contribution is -2.46. The van der Waals surface area contributed by atoms with Gasteiger partial charge < -0.3 is 14.7 Å². The first-order chi connectivity index (χ1) is 14.5. The van der Waals surface area contributed by atoms with Crippen molar-refractivity contribution >= 4 is 40.2 Å². The van der Waals surface area contributed by atoms with Crippen molar-refractivity contribution in [2.24, 2.45) is 5.92 Å². The number of allylic oxidation sites excluding steroid dienone is 4. The third kappa shape index (κ3) is 6.85. The minimum absolute atomic E-state index is 0.0200. The van der Waals surface area contributed by atoms with E-state index in [1.807, 2.05) is 4.90 Å². The van der Waals surface area contributed by atoms with Gasteiger partial charge in [0.25, 0.3) is 0 Å². The number of thioether (sulfide) groups is 1. The van der Waals surface area contributed by atoms with Crippen LogP contribution in [0.25, 0.3) is 0 Å². The summed E-state index contributed by atoms with van der Waals surface area (Å²) >= 11 is 2.52. The number of carbonyl (C=O) groups is 2. The van der Waals surface area contributed by atoms with E-state index in [1.165, 1.54) is 23.1 Å². The van der Waals surface area contributed by atoms with Gasteiger partial charge in [0, 0.05) is 19.7 Å². The van der Waals surface area contributed by atoms with Crippen LogP contribution in [0.4, 0.5) is 9.93 Å². The topological polar surface area (TPSA) is 91.8 Å². The molecule has 2 N–H and O–H groups in total. The maximum atomic E-state index is 13.1. The Bertz CT molecular complexity index is 772. The van der Waals surface area contributed by atoms with Gasteiger partial charge in [0.1, 0.15) is 0 Å². The molecule has 0 radical (unpaired) electrons. The molecule has 1 aromatic rings. The Morgan fingerprint density at radius 2 is 2.13 bits per heavy atom. The lowest BCUT2D eigenvalue weighted by atomic mass is 9.91. The summed E-state index contributed by atoms with van der Waals surface area (Å²) in [4.78, 5) is 30.1. The molecule has 7 nitrogen and oxygen atoms in total. The SMILES string of the molecule is COC1CCC(N(CCC2C=CC=CC2)C(=O)Nc2ncc(SCC(=O)O)s2)CC1. The van der Waals surface area contributed by atoms with Gasteiger partial charge >= 0.3 is 12.0 Å². The summed E-state index contributed by atoms with van der Waals surface area (Å²) in [7, 11) is 1.75. The second-order valence-electron chi connectivity index (χ2n) is 7.55. The minimum Gasteiger partial charge on any atom is -0.481 e. The van der Waals surface area contributed by atoms with Crippen LogP contribution in [0, 0.1) is 5.92 Å². The zero-order valence-electron chi connectivity index (χ0n) is 17.2. The van der Waals surface area contributed by atoms with E-state index < -0.39 is 5.97 Å². The lowest BCUT2D eigenvalue weighted by Gasteiger charge is -2.37. The summed E-state index contributed by atoms with van der Waals surface area (Å²) in [6, 6.07) is 0.0654. The molecule has 2 aliphatic rings. The van der Waals surface area contributed by atoms with Crippen molar-refractivity contribution in [1.82, 2.24) is 9.88 Å². The van der Waals surface area contributed by atoms with Crippen molar-refractivity contribution in [1.29, 1.82) is 0 Å². The average molecular weight is 452 g/mol. The maximum absolute atomic E-state index is 13.1. The molecule has 0 aromatic carbocycles. The molecule has 164 valence electrons. The van der Waals surface area contributed by atoms with E-state index in [0.29, 0.717) is 17.6 Å². The molecule has 0 spiro atoms. The molecule has 2 amide bonds. The summed E-state index contributed by atoms with van der Waals surface area (Å²) in [5.74, 6) is -0.434. The zero-order valence-corrected chi connectivity index (χ0v) is 18.8. The summed E-state index contributed by atoms with van der Waals surface area (Å²) in [6.45, 7) is 0.697. The maximum Gasteiger partial charge on any atom is 0.323 e. The van der Waals surface area contributed by atoms with Crippen LogP contribution in [0.5, 0.6) is 0 Å². The number of amides is 2. The number of aliphatic carboxylic acids is 1. The fourth-order valence-corrected chi connectivity index (χ4v) is 5.46. The van der Waals surface area contributed by atoms with Crippen molar-refractivity contribution in [2.75, 3.05) is 24.7 Å². The van der Waals surface area contributed by atoms with E-state index in [4.69, 9.17) is 9.84 Å². The second kappa shape index (κ2) is 11.5. The van der Waals surface area contributed by atoms with Crippen LogP contribution in [0.2, 0.25) is 0 Å². The van der Waals surface area contributed by atoms with Crippen molar-refractivity contribution in [3.8, 4) is 0 Å². The Hall–Kier alpha value is -1.84. The van der Waals surface area contributed by atoms with Gasteiger partial charge in [0.15, 0.2) is 5.13 Å².